The smallest absolute Gasteiger partial charge is 0.221 e. The lowest BCUT2D eigenvalue weighted by atomic mass is 9.51. The summed E-state index contributed by atoms with van der Waals surface area (Å²) in [5.41, 5.74) is 6.75. The van der Waals surface area contributed by atoms with E-state index in [-0.39, 0.29) is 35.3 Å². The van der Waals surface area contributed by atoms with Gasteiger partial charge in [0.15, 0.2) is 0 Å². The Morgan fingerprint density at radius 1 is 0.836 bits per heavy atom. The summed E-state index contributed by atoms with van der Waals surface area (Å²) in [5, 5.41) is 9.46. The van der Waals surface area contributed by atoms with Gasteiger partial charge in [0, 0.05) is 49.6 Å². The van der Waals surface area contributed by atoms with Gasteiger partial charge in [0.2, 0.25) is 17.7 Å². The maximum atomic E-state index is 13.2. The predicted molar refractivity (Wildman–Crippen MR) is 219 cm³/mol. The molecule has 0 aromatic heterocycles. The molecular formula is C46H52N4O4S. The first-order chi connectivity index (χ1) is 26.8. The standard InChI is InChI=1S/C46H52N4O4S/c1-31(51)48-38-22-20-33-30-40-37-21-23-39(49-32(2)52)44-45(37,42(33)43(38)54-44)25-28-50(40)27-13-12-26-47-41(53)24-29-55-46(34-14-6-3-7-15-34,35-16-8-4-9-17-35)36-18-10-5-11-19-36/h3-11,14-20,22,37,39-40,44H,12-13,21,23-30H2,1-2H3,(H,47,53)(H,48,51)(H,49,52)/t37-,39-,40-,44-,45+/m0/s1. The number of piperidine rings is 1. The Bertz CT molecular complexity index is 1910. The topological polar surface area (TPSA) is 99.8 Å². The van der Waals surface area contributed by atoms with E-state index in [0.29, 0.717) is 30.7 Å². The number of hydrogen-bond acceptors (Lipinski definition) is 6. The van der Waals surface area contributed by atoms with E-state index in [4.69, 9.17) is 4.74 Å². The summed E-state index contributed by atoms with van der Waals surface area (Å²) in [6.45, 7) is 5.74. The van der Waals surface area contributed by atoms with Gasteiger partial charge in [-0.15, -0.1) is 11.8 Å². The van der Waals surface area contributed by atoms with E-state index in [2.05, 4.69) is 118 Å². The van der Waals surface area contributed by atoms with Gasteiger partial charge in [-0.3, -0.25) is 19.3 Å². The SMILES string of the molecule is CC(=O)Nc1ccc2c3c1O[C@H]1[C@@H](NC(C)=O)CC[C@H]4[C@H](C2)N(CCCCNC(=O)CCSC(c2ccccc2)(c2ccccc2)c2ccccc2)CC[C@]341. The molecule has 55 heavy (non-hydrogen) atoms. The molecule has 5 atom stereocenters. The van der Waals surface area contributed by atoms with Crippen LogP contribution in [0.3, 0.4) is 0 Å². The van der Waals surface area contributed by atoms with Crippen LogP contribution >= 0.6 is 11.8 Å². The molecule has 2 aliphatic carbocycles. The molecule has 2 heterocycles. The first-order valence-electron chi connectivity index (χ1n) is 20.0. The summed E-state index contributed by atoms with van der Waals surface area (Å²) < 4.78 is 6.39. The second-order valence-electron chi connectivity index (χ2n) is 15.7. The molecule has 9 heteroatoms. The number of rotatable bonds is 14. The Labute approximate surface area is 329 Å². The fraction of sp³-hybridized carbons (Fsp3) is 0.413. The molecule has 2 fully saturated rings. The minimum atomic E-state index is -0.431. The number of benzene rings is 4. The number of unbranched alkanes of at least 4 members (excludes halogenated alkanes) is 1. The van der Waals surface area contributed by atoms with Gasteiger partial charge in [-0.1, -0.05) is 97.1 Å². The van der Waals surface area contributed by atoms with Crippen LogP contribution in [0, 0.1) is 5.92 Å². The average Bonchev–Trinajstić information content (AvgIpc) is 3.55. The lowest BCUT2D eigenvalue weighted by molar-refractivity contribution is -0.123. The molecule has 8 rings (SSSR count). The molecule has 1 saturated carbocycles. The van der Waals surface area contributed by atoms with Gasteiger partial charge in [-0.25, -0.2) is 0 Å². The van der Waals surface area contributed by atoms with Gasteiger partial charge < -0.3 is 20.7 Å². The molecule has 4 aliphatic rings. The second-order valence-corrected chi connectivity index (χ2v) is 17.0. The lowest BCUT2D eigenvalue weighted by Crippen LogP contribution is -2.68. The molecule has 286 valence electrons. The summed E-state index contributed by atoms with van der Waals surface area (Å²) in [6.07, 6.45) is 6.08. The van der Waals surface area contributed by atoms with E-state index < -0.39 is 4.75 Å². The Kier molecular flexibility index (Phi) is 10.8. The lowest BCUT2D eigenvalue weighted by Gasteiger charge is -2.59. The highest BCUT2D eigenvalue weighted by atomic mass is 32.2. The molecule has 8 nitrogen and oxygen atoms in total. The van der Waals surface area contributed by atoms with Crippen molar-refractivity contribution < 1.29 is 19.1 Å². The number of likely N-dealkylation sites (tertiary alicyclic amines) is 1. The number of ether oxygens (including phenoxy) is 1. The number of anilines is 1. The maximum absolute atomic E-state index is 13.2. The average molecular weight is 757 g/mol. The fourth-order valence-electron chi connectivity index (χ4n) is 10.4. The highest BCUT2D eigenvalue weighted by Gasteiger charge is 2.65. The number of carbonyl (C=O) groups excluding carboxylic acids is 3. The molecule has 0 unspecified atom stereocenters. The van der Waals surface area contributed by atoms with Crippen LogP contribution in [0.4, 0.5) is 5.69 Å². The van der Waals surface area contributed by atoms with Crippen LogP contribution in [0.5, 0.6) is 5.75 Å². The van der Waals surface area contributed by atoms with Gasteiger partial charge >= 0.3 is 0 Å². The van der Waals surface area contributed by atoms with Crippen molar-refractivity contribution in [3.63, 3.8) is 0 Å². The van der Waals surface area contributed by atoms with Crippen molar-refractivity contribution in [2.24, 2.45) is 5.92 Å². The van der Waals surface area contributed by atoms with E-state index >= 15 is 0 Å². The summed E-state index contributed by atoms with van der Waals surface area (Å²) in [6, 6.07) is 36.4. The first-order valence-corrected chi connectivity index (χ1v) is 21.0. The zero-order chi connectivity index (χ0) is 38.0. The summed E-state index contributed by atoms with van der Waals surface area (Å²) in [4.78, 5) is 40.3. The van der Waals surface area contributed by atoms with Crippen LogP contribution in [0.2, 0.25) is 0 Å². The molecule has 2 bridgehead atoms. The van der Waals surface area contributed by atoms with Gasteiger partial charge in [-0.05, 0) is 85.9 Å². The van der Waals surface area contributed by atoms with Gasteiger partial charge in [0.05, 0.1) is 16.5 Å². The van der Waals surface area contributed by atoms with E-state index in [0.717, 1.165) is 63.1 Å². The van der Waals surface area contributed by atoms with Crippen LogP contribution in [0.1, 0.15) is 80.2 Å². The summed E-state index contributed by atoms with van der Waals surface area (Å²) in [5.74, 6) is 1.87. The Morgan fingerprint density at radius 2 is 1.49 bits per heavy atom. The fourth-order valence-corrected chi connectivity index (χ4v) is 11.9. The summed E-state index contributed by atoms with van der Waals surface area (Å²) in [7, 11) is 0. The summed E-state index contributed by atoms with van der Waals surface area (Å²) >= 11 is 1.83. The van der Waals surface area contributed by atoms with E-state index in [9.17, 15) is 14.4 Å². The number of nitrogens with zero attached hydrogens (tertiary/aromatic N) is 1. The first kappa shape index (κ1) is 37.3. The normalized spacial score (nSPS) is 23.6. The molecule has 3 N–H and O–H groups in total. The van der Waals surface area contributed by atoms with E-state index in [1.54, 1.807) is 6.92 Å². The zero-order valence-electron chi connectivity index (χ0n) is 31.9. The number of amides is 3. The van der Waals surface area contributed by atoms with Crippen molar-refractivity contribution in [2.75, 3.05) is 30.7 Å². The van der Waals surface area contributed by atoms with Crippen molar-refractivity contribution in [3.05, 3.63) is 131 Å². The Hall–Kier alpha value is -4.60. The van der Waals surface area contributed by atoms with Crippen molar-refractivity contribution in [1.82, 2.24) is 15.5 Å². The highest BCUT2D eigenvalue weighted by molar-refractivity contribution is 8.00. The molecule has 3 amide bonds. The van der Waals surface area contributed by atoms with Crippen LogP contribution in [-0.4, -0.2) is 66.2 Å². The van der Waals surface area contributed by atoms with Crippen molar-refractivity contribution in [3.8, 4) is 5.75 Å². The Balaban J connectivity index is 0.888. The minimum Gasteiger partial charge on any atom is -0.485 e. The Morgan fingerprint density at radius 3 is 2.11 bits per heavy atom. The van der Waals surface area contributed by atoms with Crippen molar-refractivity contribution >= 4 is 35.2 Å². The molecule has 2 aliphatic heterocycles. The molecule has 4 aromatic rings. The number of nitrogens with one attached hydrogen (secondary N) is 3. The van der Waals surface area contributed by atoms with Crippen LogP contribution < -0.4 is 20.7 Å². The number of hydrogen-bond donors (Lipinski definition) is 3. The van der Waals surface area contributed by atoms with E-state index in [1.807, 2.05) is 17.8 Å². The molecular weight excluding hydrogens is 705 g/mol. The highest BCUT2D eigenvalue weighted by Crippen LogP contribution is 2.63. The van der Waals surface area contributed by atoms with Crippen LogP contribution in [0.25, 0.3) is 0 Å². The van der Waals surface area contributed by atoms with Gasteiger partial charge in [0.25, 0.3) is 0 Å². The third kappa shape index (κ3) is 6.95. The second kappa shape index (κ2) is 15.9. The van der Waals surface area contributed by atoms with Crippen molar-refractivity contribution in [1.29, 1.82) is 0 Å². The zero-order valence-corrected chi connectivity index (χ0v) is 32.7. The van der Waals surface area contributed by atoms with E-state index in [1.165, 1.54) is 34.7 Å². The molecule has 0 radical (unpaired) electrons. The van der Waals surface area contributed by atoms with Crippen molar-refractivity contribution in [2.45, 2.75) is 87.1 Å². The van der Waals surface area contributed by atoms with Crippen LogP contribution in [-0.2, 0) is 31.0 Å². The minimum absolute atomic E-state index is 0.0305. The number of thioether (sulfide) groups is 1. The van der Waals surface area contributed by atoms with Gasteiger partial charge in [-0.2, -0.15) is 0 Å². The van der Waals surface area contributed by atoms with Gasteiger partial charge in [0.1, 0.15) is 11.9 Å². The maximum Gasteiger partial charge on any atom is 0.221 e. The molecule has 4 aromatic carbocycles. The molecule has 1 spiro atoms. The third-order valence-corrected chi connectivity index (χ3v) is 14.1. The van der Waals surface area contributed by atoms with Crippen LogP contribution in [0.15, 0.2) is 103 Å². The predicted octanol–water partition coefficient (Wildman–Crippen LogP) is 7.20. The number of carbonyl (C=O) groups is 3. The third-order valence-electron chi connectivity index (χ3n) is 12.5. The monoisotopic (exact) mass is 756 g/mol. The molecule has 1 saturated heterocycles. The quantitative estimate of drug-likeness (QED) is 0.0931. The largest absolute Gasteiger partial charge is 0.485 e.